The molecule has 20 heavy (non-hydrogen) atoms. The van der Waals surface area contributed by atoms with Crippen molar-refractivity contribution in [3.05, 3.63) is 40.5 Å². The number of anilines is 1. The van der Waals surface area contributed by atoms with E-state index in [2.05, 4.69) is 26.3 Å². The van der Waals surface area contributed by atoms with Crippen LogP contribution in [0.4, 0.5) is 5.82 Å². The Morgan fingerprint density at radius 1 is 1.40 bits per heavy atom. The molecule has 1 aromatic carbocycles. The van der Waals surface area contributed by atoms with Gasteiger partial charge in [0.25, 0.3) is 0 Å². The molecule has 0 bridgehead atoms. The largest absolute Gasteiger partial charge is 0.310 e. The Balaban J connectivity index is 2.06. The van der Waals surface area contributed by atoms with Crippen molar-refractivity contribution in [1.82, 2.24) is 9.78 Å². The van der Waals surface area contributed by atoms with E-state index in [4.69, 9.17) is 11.6 Å². The maximum absolute atomic E-state index is 11.7. The number of carbonyl (C=O) groups excluding carboxylic acids is 1. The highest BCUT2D eigenvalue weighted by molar-refractivity contribution is 9.09. The number of amides is 1. The van der Waals surface area contributed by atoms with Gasteiger partial charge in [-0.15, -0.1) is 0 Å². The molecule has 4 nitrogen and oxygen atoms in total. The van der Waals surface area contributed by atoms with Crippen molar-refractivity contribution in [2.24, 2.45) is 0 Å². The number of nitrogens with one attached hydrogen (secondary N) is 1. The molecule has 0 saturated heterocycles. The fourth-order valence-corrected chi connectivity index (χ4v) is 3.38. The first-order valence-corrected chi connectivity index (χ1v) is 8.64. The molecule has 0 saturated carbocycles. The topological polar surface area (TPSA) is 46.9 Å². The minimum Gasteiger partial charge on any atom is -0.310 e. The number of halogens is 2. The van der Waals surface area contributed by atoms with Crippen LogP contribution in [0, 0.1) is 0 Å². The number of hydrogen-bond donors (Lipinski definition) is 1. The molecule has 104 valence electrons. The van der Waals surface area contributed by atoms with E-state index in [-0.39, 0.29) is 11.2 Å². The lowest BCUT2D eigenvalue weighted by Gasteiger charge is -2.10. The van der Waals surface area contributed by atoms with Crippen LogP contribution in [0.25, 0.3) is 5.69 Å². The van der Waals surface area contributed by atoms with Gasteiger partial charge >= 0.3 is 0 Å². The smallest absolute Gasteiger partial charge is 0.236 e. The summed E-state index contributed by atoms with van der Waals surface area (Å²) in [6.45, 7) is 0. The van der Waals surface area contributed by atoms with Crippen molar-refractivity contribution in [2.45, 2.75) is 11.5 Å². The number of benzene rings is 1. The molecule has 2 heterocycles. The second-order valence-electron chi connectivity index (χ2n) is 4.34. The van der Waals surface area contributed by atoms with Gasteiger partial charge in [-0.3, -0.25) is 4.79 Å². The van der Waals surface area contributed by atoms with E-state index in [1.807, 2.05) is 24.3 Å². The summed E-state index contributed by atoms with van der Waals surface area (Å²) < 4.78 is 1.78. The summed E-state index contributed by atoms with van der Waals surface area (Å²) in [6.07, 6.45) is 0. The summed E-state index contributed by atoms with van der Waals surface area (Å²) in [5.41, 5.74) is 3.03. The summed E-state index contributed by atoms with van der Waals surface area (Å²) in [4.78, 5) is 11.7. The molecule has 0 atom stereocenters. The summed E-state index contributed by atoms with van der Waals surface area (Å²) in [7, 11) is 0. The minimum absolute atomic E-state index is 0.0835. The number of thioether (sulfide) groups is 1. The van der Waals surface area contributed by atoms with Gasteiger partial charge in [0.2, 0.25) is 5.91 Å². The summed E-state index contributed by atoms with van der Waals surface area (Å²) in [6, 6.07) is 7.41. The van der Waals surface area contributed by atoms with Gasteiger partial charge < -0.3 is 5.32 Å². The lowest BCUT2D eigenvalue weighted by molar-refractivity contribution is -0.113. The molecular formula is C13H11BrClN3OS. The highest BCUT2D eigenvalue weighted by atomic mass is 79.9. The molecule has 0 radical (unpaired) electrons. The van der Waals surface area contributed by atoms with Gasteiger partial charge in [-0.2, -0.15) is 16.9 Å². The lowest BCUT2D eigenvalue weighted by Crippen LogP contribution is -2.16. The molecule has 0 fully saturated rings. The van der Waals surface area contributed by atoms with Gasteiger partial charge in [-0.25, -0.2) is 4.68 Å². The Kier molecular flexibility index (Phi) is 4.05. The molecule has 1 N–H and O–H groups in total. The standard InChI is InChI=1S/C13H11BrClN3OS/c14-5-12(19)16-13-10-6-20-7-11(10)17-18(13)9-3-1-8(15)2-4-9/h1-4H,5-7H2,(H,16,19). The van der Waals surface area contributed by atoms with Crippen LogP contribution < -0.4 is 5.32 Å². The van der Waals surface area contributed by atoms with Crippen molar-refractivity contribution in [2.75, 3.05) is 10.6 Å². The summed E-state index contributed by atoms with van der Waals surface area (Å²) in [5, 5.41) is 8.46. The van der Waals surface area contributed by atoms with Crippen LogP contribution in [0.3, 0.4) is 0 Å². The molecule has 1 aromatic heterocycles. The number of alkyl halides is 1. The second kappa shape index (κ2) is 5.79. The molecular weight excluding hydrogens is 362 g/mol. The summed E-state index contributed by atoms with van der Waals surface area (Å²) in [5.74, 6) is 2.44. The van der Waals surface area contributed by atoms with Gasteiger partial charge in [0.1, 0.15) is 5.82 Å². The highest BCUT2D eigenvalue weighted by Gasteiger charge is 2.24. The van der Waals surface area contributed by atoms with Crippen LogP contribution in [0.1, 0.15) is 11.3 Å². The highest BCUT2D eigenvalue weighted by Crippen LogP contribution is 2.36. The average Bonchev–Trinajstić information content (AvgIpc) is 3.02. The molecule has 0 unspecified atom stereocenters. The van der Waals surface area contributed by atoms with Crippen molar-refractivity contribution >= 4 is 51.0 Å². The Bertz CT molecular complexity index is 656. The lowest BCUT2D eigenvalue weighted by atomic mass is 10.2. The zero-order valence-corrected chi connectivity index (χ0v) is 13.6. The SMILES string of the molecule is O=C(CBr)Nc1c2c(nn1-c1ccc(Cl)cc1)CSC2. The van der Waals surface area contributed by atoms with Crippen molar-refractivity contribution in [3.63, 3.8) is 0 Å². The third-order valence-corrected chi connectivity index (χ3v) is 4.73. The third-order valence-electron chi connectivity index (χ3n) is 3.00. The maximum Gasteiger partial charge on any atom is 0.236 e. The van der Waals surface area contributed by atoms with Gasteiger partial charge in [0.05, 0.1) is 16.7 Å². The molecule has 3 rings (SSSR count). The zero-order chi connectivity index (χ0) is 14.1. The van der Waals surface area contributed by atoms with Gasteiger partial charge in [-0.05, 0) is 24.3 Å². The Morgan fingerprint density at radius 2 is 2.15 bits per heavy atom. The predicted octanol–water partition coefficient (Wildman–Crippen LogP) is 3.61. The van der Waals surface area contributed by atoms with Crippen molar-refractivity contribution in [3.8, 4) is 5.69 Å². The quantitative estimate of drug-likeness (QED) is 0.837. The van der Waals surface area contributed by atoms with E-state index in [1.165, 1.54) is 0 Å². The first-order chi connectivity index (χ1) is 9.69. The van der Waals surface area contributed by atoms with E-state index in [9.17, 15) is 4.79 Å². The van der Waals surface area contributed by atoms with Crippen LogP contribution in [0.2, 0.25) is 5.02 Å². The van der Waals surface area contributed by atoms with Gasteiger partial charge in [-0.1, -0.05) is 27.5 Å². The number of nitrogens with zero attached hydrogens (tertiary/aromatic N) is 2. The Hall–Kier alpha value is -0.980. The second-order valence-corrected chi connectivity index (χ2v) is 6.32. The normalized spacial score (nSPS) is 13.3. The molecule has 0 aliphatic carbocycles. The van der Waals surface area contributed by atoms with E-state index in [0.29, 0.717) is 5.02 Å². The van der Waals surface area contributed by atoms with E-state index < -0.39 is 0 Å². The number of hydrogen-bond acceptors (Lipinski definition) is 3. The fraction of sp³-hybridized carbons (Fsp3) is 0.231. The molecule has 7 heteroatoms. The maximum atomic E-state index is 11.7. The van der Waals surface area contributed by atoms with Crippen molar-refractivity contribution in [1.29, 1.82) is 0 Å². The van der Waals surface area contributed by atoms with E-state index in [0.717, 1.165) is 34.3 Å². The number of rotatable bonds is 3. The molecule has 0 spiro atoms. The predicted molar refractivity (Wildman–Crippen MR) is 86.0 cm³/mol. The van der Waals surface area contributed by atoms with E-state index >= 15 is 0 Å². The Morgan fingerprint density at radius 3 is 2.85 bits per heavy atom. The number of carbonyl (C=O) groups is 1. The van der Waals surface area contributed by atoms with Crippen LogP contribution in [0.5, 0.6) is 0 Å². The molecule has 1 aliphatic heterocycles. The van der Waals surface area contributed by atoms with Crippen LogP contribution in [-0.4, -0.2) is 21.0 Å². The van der Waals surface area contributed by atoms with Gasteiger partial charge in [0.15, 0.2) is 0 Å². The Labute approximate surface area is 134 Å². The first-order valence-electron chi connectivity index (χ1n) is 5.99. The van der Waals surface area contributed by atoms with Crippen molar-refractivity contribution < 1.29 is 4.79 Å². The number of fused-ring (bicyclic) bond motifs is 1. The third kappa shape index (κ3) is 2.60. The van der Waals surface area contributed by atoms with Crippen LogP contribution in [0.15, 0.2) is 24.3 Å². The number of aromatic nitrogens is 2. The monoisotopic (exact) mass is 371 g/mol. The van der Waals surface area contributed by atoms with E-state index in [1.54, 1.807) is 16.4 Å². The van der Waals surface area contributed by atoms with Gasteiger partial charge in [0, 0.05) is 22.1 Å². The molecule has 1 aliphatic rings. The average molecular weight is 373 g/mol. The van der Waals surface area contributed by atoms with Crippen LogP contribution >= 0.6 is 39.3 Å². The first kappa shape index (κ1) is 14.0. The molecule has 1 amide bonds. The van der Waals surface area contributed by atoms with Crippen LogP contribution in [-0.2, 0) is 16.3 Å². The molecule has 2 aromatic rings. The summed E-state index contributed by atoms with van der Waals surface area (Å²) >= 11 is 10.9. The zero-order valence-electron chi connectivity index (χ0n) is 10.4. The fourth-order valence-electron chi connectivity index (χ4n) is 2.08. The minimum atomic E-state index is -0.0835.